The molecule has 0 radical (unpaired) electrons. The number of epoxide rings is 1. The van der Waals surface area contributed by atoms with Gasteiger partial charge >= 0.3 is 0 Å². The molecule has 28 heavy (non-hydrogen) atoms. The summed E-state index contributed by atoms with van der Waals surface area (Å²) in [4.78, 5) is 15.8. The highest BCUT2D eigenvalue weighted by Gasteiger charge is 2.27. The predicted molar refractivity (Wildman–Crippen MR) is 115 cm³/mol. The average Bonchev–Trinajstić information content (AvgIpc) is 3.43. The monoisotopic (exact) mass is 395 g/mol. The number of likely N-dealkylation sites (N-methyl/N-ethyl adjacent to an activating group) is 1. The lowest BCUT2D eigenvalue weighted by atomic mass is 10.1. The molecule has 2 aromatic carbocycles. The second-order valence-corrected chi connectivity index (χ2v) is 8.16. The van der Waals surface area contributed by atoms with Gasteiger partial charge in [-0.3, -0.25) is 4.79 Å². The molecule has 0 bridgehead atoms. The number of nitrogens with zero attached hydrogens (tertiary/aromatic N) is 3. The summed E-state index contributed by atoms with van der Waals surface area (Å²) in [6.07, 6.45) is 0.176. The van der Waals surface area contributed by atoms with Gasteiger partial charge in [0.15, 0.2) is 0 Å². The maximum atomic E-state index is 13.7. The fourth-order valence-corrected chi connectivity index (χ4v) is 4.24. The van der Waals surface area contributed by atoms with E-state index in [1.165, 1.54) is 0 Å². The smallest absolute Gasteiger partial charge is 0.275 e. The van der Waals surface area contributed by atoms with Crippen molar-refractivity contribution in [1.29, 1.82) is 0 Å². The molecule has 5 rings (SSSR count). The van der Waals surface area contributed by atoms with Crippen LogP contribution in [0, 0.1) is 0 Å². The van der Waals surface area contributed by atoms with Crippen molar-refractivity contribution in [2.45, 2.75) is 19.2 Å². The van der Waals surface area contributed by atoms with E-state index in [0.29, 0.717) is 18.1 Å². The molecule has 6 heteroatoms. The van der Waals surface area contributed by atoms with E-state index in [9.17, 15) is 4.79 Å². The topological polar surface area (TPSA) is 42.7 Å². The summed E-state index contributed by atoms with van der Waals surface area (Å²) in [6.45, 7) is 2.87. The van der Waals surface area contributed by atoms with E-state index in [1.807, 2.05) is 55.1 Å². The molecule has 144 valence electrons. The Morgan fingerprint density at radius 1 is 1.11 bits per heavy atom. The van der Waals surface area contributed by atoms with Crippen LogP contribution in [0.3, 0.4) is 0 Å². The van der Waals surface area contributed by atoms with Crippen LogP contribution in [-0.2, 0) is 17.8 Å². The molecular weight excluding hydrogens is 374 g/mol. The van der Waals surface area contributed by atoms with Gasteiger partial charge < -0.3 is 18.8 Å². The molecule has 0 N–H and O–H groups in total. The summed E-state index contributed by atoms with van der Waals surface area (Å²) >= 11 is 6.33. The Balaban J connectivity index is 1.93. The first-order chi connectivity index (χ1) is 13.5. The van der Waals surface area contributed by atoms with Crippen LogP contribution in [-0.4, -0.2) is 47.4 Å². The minimum Gasteiger partial charge on any atom is -0.371 e. The third kappa shape index (κ3) is 2.82. The largest absolute Gasteiger partial charge is 0.371 e. The minimum absolute atomic E-state index is 0.0449. The lowest BCUT2D eigenvalue weighted by molar-refractivity contribution is 0.383. The summed E-state index contributed by atoms with van der Waals surface area (Å²) in [5, 5.41) is 3.77. The summed E-state index contributed by atoms with van der Waals surface area (Å²) in [5.41, 5.74) is 2.78. The van der Waals surface area contributed by atoms with Gasteiger partial charge in [-0.05, 0) is 38.4 Å². The first kappa shape index (κ1) is 17.7. The van der Waals surface area contributed by atoms with E-state index in [4.69, 9.17) is 16.3 Å². The van der Waals surface area contributed by atoms with E-state index in [-0.39, 0.29) is 11.7 Å². The molecule has 5 nitrogen and oxygen atoms in total. The Labute approximate surface area is 167 Å². The normalized spacial score (nSPS) is 16.6. The van der Waals surface area contributed by atoms with Gasteiger partial charge in [0.1, 0.15) is 5.52 Å². The second kappa shape index (κ2) is 6.62. The number of aromatic nitrogens is 2. The molecule has 3 heterocycles. The predicted octanol–water partition coefficient (Wildman–Crippen LogP) is 3.72. The molecule has 1 unspecified atom stereocenters. The van der Waals surface area contributed by atoms with Crippen molar-refractivity contribution in [3.05, 3.63) is 57.8 Å². The van der Waals surface area contributed by atoms with Crippen LogP contribution in [0.25, 0.3) is 32.7 Å². The zero-order valence-electron chi connectivity index (χ0n) is 16.0. The Bertz CT molecular complexity index is 1270. The fourth-order valence-electron chi connectivity index (χ4n) is 4.07. The summed E-state index contributed by atoms with van der Waals surface area (Å²) < 4.78 is 9.51. The Morgan fingerprint density at radius 2 is 1.86 bits per heavy atom. The maximum absolute atomic E-state index is 13.7. The second-order valence-electron chi connectivity index (χ2n) is 7.73. The van der Waals surface area contributed by atoms with Gasteiger partial charge in [0.2, 0.25) is 0 Å². The summed E-state index contributed by atoms with van der Waals surface area (Å²) in [7, 11) is 4.05. The third-order valence-electron chi connectivity index (χ3n) is 5.50. The van der Waals surface area contributed by atoms with Crippen LogP contribution in [0.2, 0.25) is 5.02 Å². The van der Waals surface area contributed by atoms with E-state index < -0.39 is 0 Å². The van der Waals surface area contributed by atoms with E-state index in [0.717, 1.165) is 45.9 Å². The zero-order valence-corrected chi connectivity index (χ0v) is 16.7. The number of benzene rings is 2. The highest BCUT2D eigenvalue weighted by Crippen LogP contribution is 2.35. The van der Waals surface area contributed by atoms with Crippen molar-refractivity contribution in [1.82, 2.24) is 14.0 Å². The first-order valence-corrected chi connectivity index (χ1v) is 9.91. The first-order valence-electron chi connectivity index (χ1n) is 9.54. The number of halogens is 1. The molecular formula is C22H22ClN3O2. The van der Waals surface area contributed by atoms with Gasteiger partial charge in [-0.1, -0.05) is 29.8 Å². The van der Waals surface area contributed by atoms with Crippen LogP contribution < -0.4 is 5.56 Å². The Morgan fingerprint density at radius 3 is 2.61 bits per heavy atom. The van der Waals surface area contributed by atoms with Crippen molar-refractivity contribution >= 4 is 44.3 Å². The maximum Gasteiger partial charge on any atom is 0.275 e. The van der Waals surface area contributed by atoms with E-state index in [1.54, 1.807) is 0 Å². The Hall–Kier alpha value is -2.34. The van der Waals surface area contributed by atoms with Crippen molar-refractivity contribution in [3.63, 3.8) is 0 Å². The SMILES string of the molecule is CN(C)CCn1c(=O)c2c(c3ccccc31)c1cc(Cl)ccc1n2CC1CO1. The molecule has 0 aliphatic carbocycles. The minimum atomic E-state index is 0.0449. The van der Waals surface area contributed by atoms with Crippen molar-refractivity contribution < 1.29 is 4.74 Å². The van der Waals surface area contributed by atoms with Crippen molar-refractivity contribution in [3.8, 4) is 0 Å². The standard InChI is InChI=1S/C22H22ClN3O2/c1-24(2)9-10-25-18-6-4-3-5-16(18)20-17-11-14(23)7-8-19(17)26(12-15-13-28-15)21(20)22(25)27/h3-8,11,15H,9-10,12-13H2,1-2H3. The molecule has 1 atom stereocenters. The quantitative estimate of drug-likeness (QED) is 0.484. The third-order valence-corrected chi connectivity index (χ3v) is 5.73. The zero-order chi connectivity index (χ0) is 19.4. The van der Waals surface area contributed by atoms with Gasteiger partial charge in [-0.15, -0.1) is 0 Å². The van der Waals surface area contributed by atoms with Gasteiger partial charge in [0.25, 0.3) is 5.56 Å². The fraction of sp³-hybridized carbons (Fsp3) is 0.318. The highest BCUT2D eigenvalue weighted by atomic mass is 35.5. The van der Waals surface area contributed by atoms with Gasteiger partial charge in [-0.25, -0.2) is 0 Å². The number of hydrogen-bond acceptors (Lipinski definition) is 3. The molecule has 0 amide bonds. The summed E-state index contributed by atoms with van der Waals surface area (Å²) in [5.74, 6) is 0. The molecule has 0 saturated carbocycles. The van der Waals surface area contributed by atoms with Crippen LogP contribution >= 0.6 is 11.6 Å². The van der Waals surface area contributed by atoms with E-state index in [2.05, 4.69) is 15.5 Å². The highest BCUT2D eigenvalue weighted by molar-refractivity contribution is 6.32. The number of rotatable bonds is 5. The molecule has 2 aromatic heterocycles. The molecule has 1 aliphatic heterocycles. The number of para-hydroxylation sites is 1. The van der Waals surface area contributed by atoms with E-state index >= 15 is 0 Å². The van der Waals surface area contributed by atoms with Gasteiger partial charge in [0, 0.05) is 39.8 Å². The lowest BCUT2D eigenvalue weighted by Gasteiger charge is -2.15. The van der Waals surface area contributed by atoms with Gasteiger partial charge in [-0.2, -0.15) is 0 Å². The van der Waals surface area contributed by atoms with Crippen molar-refractivity contribution in [2.75, 3.05) is 27.2 Å². The number of fused-ring (bicyclic) bond motifs is 5. The van der Waals surface area contributed by atoms with Crippen LogP contribution in [0.1, 0.15) is 0 Å². The average molecular weight is 396 g/mol. The number of hydrogen-bond donors (Lipinski definition) is 0. The molecule has 0 spiro atoms. The molecule has 4 aromatic rings. The molecule has 1 saturated heterocycles. The van der Waals surface area contributed by atoms with Crippen LogP contribution in [0.15, 0.2) is 47.3 Å². The van der Waals surface area contributed by atoms with Gasteiger partial charge in [0.05, 0.1) is 24.8 Å². The molecule has 1 fully saturated rings. The number of pyridine rings is 1. The number of ether oxygens (including phenoxy) is 1. The van der Waals surface area contributed by atoms with Crippen LogP contribution in [0.5, 0.6) is 0 Å². The summed E-state index contributed by atoms with van der Waals surface area (Å²) in [6, 6.07) is 14.0. The lowest BCUT2D eigenvalue weighted by Crippen LogP contribution is -2.28. The van der Waals surface area contributed by atoms with Crippen LogP contribution in [0.4, 0.5) is 0 Å². The van der Waals surface area contributed by atoms with Crippen molar-refractivity contribution in [2.24, 2.45) is 0 Å². The molecule has 1 aliphatic rings. The Kier molecular flexibility index (Phi) is 4.19.